The highest BCUT2D eigenvalue weighted by Gasteiger charge is 2.33. The number of halogens is 6. The molecule has 1 nitrogen and oxygen atoms in total. The predicted molar refractivity (Wildman–Crippen MR) is 155 cm³/mol. The zero-order valence-corrected chi connectivity index (χ0v) is 23.4. The molecule has 0 N–H and O–H groups in total. The average Bonchev–Trinajstić information content (AvgIpc) is 3.32. The zero-order chi connectivity index (χ0) is 29.5. The van der Waals surface area contributed by atoms with Crippen molar-refractivity contribution in [2.75, 3.05) is 0 Å². The Labute approximate surface area is 239 Å². The molecule has 0 saturated heterocycles. The van der Waals surface area contributed by atoms with Gasteiger partial charge in [0.25, 0.3) is 0 Å². The maximum Gasteiger partial charge on any atom is 0.416 e. The quantitative estimate of drug-likeness (QED) is 0.195. The summed E-state index contributed by atoms with van der Waals surface area (Å²) in [5.74, 6) is -1.42. The van der Waals surface area contributed by atoms with Crippen molar-refractivity contribution in [3.63, 3.8) is 0 Å². The van der Waals surface area contributed by atoms with Gasteiger partial charge >= 0.3 is 6.18 Å². The van der Waals surface area contributed by atoms with Crippen LogP contribution >= 0.6 is 11.3 Å². The first-order valence-corrected chi connectivity index (χ1v) is 14.3. The molecule has 0 bridgehead atoms. The summed E-state index contributed by atoms with van der Waals surface area (Å²) in [5.41, 5.74) is 1.92. The van der Waals surface area contributed by atoms with Crippen LogP contribution in [-0.4, -0.2) is 17.1 Å². The Morgan fingerprint density at radius 2 is 1.46 bits per heavy atom. The van der Waals surface area contributed by atoms with Gasteiger partial charge in [-0.15, -0.1) is 11.3 Å². The van der Waals surface area contributed by atoms with Gasteiger partial charge in [-0.25, -0.2) is 13.2 Å². The standard InChI is InChI=1S/C33H29F6NS/c1-19-30-28(35)15-16-29(36)32(30)41-31(19)21(3)40(26-7-5-4-6-8-26)18-25-17-24(13-14-27(25)34)23-11-9-22(10-12-23)20(2)33(37,38)39/h9-17,26H,2-8,18H2,1H3. The van der Waals surface area contributed by atoms with E-state index in [-0.39, 0.29) is 28.2 Å². The lowest BCUT2D eigenvalue weighted by molar-refractivity contribution is -0.0686. The van der Waals surface area contributed by atoms with Gasteiger partial charge in [0.1, 0.15) is 17.5 Å². The van der Waals surface area contributed by atoms with E-state index in [4.69, 9.17) is 0 Å². The highest BCUT2D eigenvalue weighted by molar-refractivity contribution is 7.20. The second-order valence-electron chi connectivity index (χ2n) is 10.5. The van der Waals surface area contributed by atoms with E-state index in [1.54, 1.807) is 31.2 Å². The number of fused-ring (bicyclic) bond motifs is 1. The Morgan fingerprint density at radius 1 is 0.854 bits per heavy atom. The summed E-state index contributed by atoms with van der Waals surface area (Å²) in [5, 5.41) is 0.236. The van der Waals surface area contributed by atoms with Crippen LogP contribution in [0.4, 0.5) is 26.3 Å². The van der Waals surface area contributed by atoms with Gasteiger partial charge in [0.15, 0.2) is 0 Å². The van der Waals surface area contributed by atoms with Crippen molar-refractivity contribution in [2.45, 2.75) is 57.8 Å². The van der Waals surface area contributed by atoms with E-state index in [2.05, 4.69) is 13.2 Å². The lowest BCUT2D eigenvalue weighted by Gasteiger charge is -2.37. The Bertz CT molecular complexity index is 1610. The molecule has 0 spiro atoms. The molecule has 0 unspecified atom stereocenters. The normalized spacial score (nSPS) is 14.4. The zero-order valence-electron chi connectivity index (χ0n) is 22.6. The second-order valence-corrected chi connectivity index (χ2v) is 11.5. The van der Waals surface area contributed by atoms with Gasteiger partial charge < -0.3 is 4.90 Å². The fraction of sp³-hybridized carbons (Fsp3) is 0.273. The topological polar surface area (TPSA) is 3.24 Å². The maximum atomic E-state index is 15.2. The van der Waals surface area contributed by atoms with Crippen LogP contribution in [0.1, 0.15) is 53.7 Å². The molecule has 1 aliphatic rings. The summed E-state index contributed by atoms with van der Waals surface area (Å²) in [6, 6.07) is 12.8. The molecular formula is C33H29F6NS. The van der Waals surface area contributed by atoms with Gasteiger partial charge in [0, 0.05) is 29.2 Å². The van der Waals surface area contributed by atoms with Gasteiger partial charge in [0.05, 0.1) is 15.2 Å². The summed E-state index contributed by atoms with van der Waals surface area (Å²) in [6.07, 6.45) is 0.382. The summed E-state index contributed by atoms with van der Waals surface area (Å²) in [4.78, 5) is 2.71. The maximum absolute atomic E-state index is 15.2. The number of rotatable bonds is 7. The molecule has 5 rings (SSSR count). The number of benzene rings is 3. The molecule has 1 saturated carbocycles. The van der Waals surface area contributed by atoms with Crippen LogP contribution in [0.2, 0.25) is 0 Å². The van der Waals surface area contributed by atoms with Crippen molar-refractivity contribution in [2.24, 2.45) is 0 Å². The molecule has 0 atom stereocenters. The molecule has 0 radical (unpaired) electrons. The molecule has 1 aliphatic carbocycles. The van der Waals surface area contributed by atoms with Crippen molar-refractivity contribution >= 4 is 32.7 Å². The van der Waals surface area contributed by atoms with E-state index in [1.807, 2.05) is 4.90 Å². The first kappa shape index (κ1) is 29.0. The predicted octanol–water partition coefficient (Wildman–Crippen LogP) is 10.7. The van der Waals surface area contributed by atoms with Crippen LogP contribution in [0.25, 0.3) is 32.5 Å². The van der Waals surface area contributed by atoms with E-state index in [0.29, 0.717) is 32.8 Å². The number of aryl methyl sites for hydroxylation is 1. The smallest absolute Gasteiger partial charge is 0.363 e. The molecule has 1 heterocycles. The third kappa shape index (κ3) is 5.80. The van der Waals surface area contributed by atoms with Crippen LogP contribution in [-0.2, 0) is 6.54 Å². The van der Waals surface area contributed by atoms with Crippen molar-refractivity contribution in [3.8, 4) is 11.1 Å². The van der Waals surface area contributed by atoms with Crippen LogP contribution in [0.5, 0.6) is 0 Å². The Kier molecular flexibility index (Phi) is 8.06. The molecule has 0 amide bonds. The number of alkyl halides is 3. The minimum absolute atomic E-state index is 0.0325. The number of hydrogen-bond donors (Lipinski definition) is 0. The molecule has 4 aromatic rings. The summed E-state index contributed by atoms with van der Waals surface area (Å²) in [7, 11) is 0. The van der Waals surface area contributed by atoms with Crippen molar-refractivity contribution in [3.05, 3.63) is 107 Å². The highest BCUT2D eigenvalue weighted by Crippen LogP contribution is 2.41. The number of thiophene rings is 1. The van der Waals surface area contributed by atoms with Crippen LogP contribution in [0.3, 0.4) is 0 Å². The molecule has 41 heavy (non-hydrogen) atoms. The molecule has 1 aromatic heterocycles. The van der Waals surface area contributed by atoms with E-state index >= 15 is 4.39 Å². The van der Waals surface area contributed by atoms with Crippen LogP contribution in [0, 0.1) is 24.4 Å². The van der Waals surface area contributed by atoms with Gasteiger partial charge in [-0.05, 0) is 66.3 Å². The van der Waals surface area contributed by atoms with Crippen molar-refractivity contribution < 1.29 is 26.3 Å². The SMILES string of the molecule is C=C(c1sc2c(F)ccc(F)c2c1C)N(Cc1cc(-c2ccc(C(=C)C(F)(F)F)cc2)ccc1F)C1CCCCC1. The van der Waals surface area contributed by atoms with E-state index in [9.17, 15) is 22.0 Å². The van der Waals surface area contributed by atoms with E-state index in [0.717, 1.165) is 55.6 Å². The largest absolute Gasteiger partial charge is 0.416 e. The third-order valence-corrected chi connectivity index (χ3v) is 9.25. The molecule has 1 fully saturated rings. The van der Waals surface area contributed by atoms with Gasteiger partial charge in [-0.3, -0.25) is 0 Å². The fourth-order valence-corrected chi connectivity index (χ4v) is 6.82. The van der Waals surface area contributed by atoms with Crippen LogP contribution < -0.4 is 0 Å². The van der Waals surface area contributed by atoms with E-state index < -0.39 is 29.2 Å². The lowest BCUT2D eigenvalue weighted by Crippen LogP contribution is -2.35. The number of hydrogen-bond acceptors (Lipinski definition) is 2. The Morgan fingerprint density at radius 3 is 2.10 bits per heavy atom. The second kappa shape index (κ2) is 11.4. The average molecular weight is 586 g/mol. The van der Waals surface area contributed by atoms with Crippen LogP contribution in [0.15, 0.2) is 67.8 Å². The molecule has 214 valence electrons. The van der Waals surface area contributed by atoms with E-state index in [1.165, 1.54) is 18.2 Å². The molecule has 3 aromatic carbocycles. The molecule has 8 heteroatoms. The number of allylic oxidation sites excluding steroid dienone is 1. The molecular weight excluding hydrogens is 556 g/mol. The lowest BCUT2D eigenvalue weighted by atomic mass is 9.92. The van der Waals surface area contributed by atoms with Crippen molar-refractivity contribution in [1.29, 1.82) is 0 Å². The van der Waals surface area contributed by atoms with Gasteiger partial charge in [0.2, 0.25) is 0 Å². The number of nitrogens with zero attached hydrogens (tertiary/aromatic N) is 1. The minimum atomic E-state index is -4.53. The van der Waals surface area contributed by atoms with Gasteiger partial charge in [-0.1, -0.05) is 62.8 Å². The minimum Gasteiger partial charge on any atom is -0.363 e. The summed E-state index contributed by atoms with van der Waals surface area (Å²) < 4.78 is 83.9. The van der Waals surface area contributed by atoms with Crippen molar-refractivity contribution in [1.82, 2.24) is 4.90 Å². The first-order chi connectivity index (χ1) is 19.5. The Balaban J connectivity index is 1.49. The first-order valence-electron chi connectivity index (χ1n) is 13.4. The third-order valence-electron chi connectivity index (χ3n) is 7.90. The molecule has 0 aliphatic heterocycles. The summed E-state index contributed by atoms with van der Waals surface area (Å²) >= 11 is 1.15. The summed E-state index contributed by atoms with van der Waals surface area (Å²) in [6.45, 7) is 9.41. The van der Waals surface area contributed by atoms with Gasteiger partial charge in [-0.2, -0.15) is 13.2 Å². The monoisotopic (exact) mass is 585 g/mol. The fourth-order valence-electron chi connectivity index (χ4n) is 5.60. The highest BCUT2D eigenvalue weighted by atomic mass is 32.1. The Hall–Kier alpha value is -3.52.